The van der Waals surface area contributed by atoms with Gasteiger partial charge in [-0.1, -0.05) is 0 Å². The Hall–Kier alpha value is -2.30. The molecule has 1 aliphatic heterocycles. The average Bonchev–Trinajstić information content (AvgIpc) is 2.98. The number of amides is 1. The van der Waals surface area contributed by atoms with Gasteiger partial charge in [-0.25, -0.2) is 17.5 Å². The van der Waals surface area contributed by atoms with Crippen LogP contribution in [0.5, 0.6) is 0 Å². The maximum Gasteiger partial charge on any atom is 0.276 e. The summed E-state index contributed by atoms with van der Waals surface area (Å²) in [5.74, 6) is -1.39. The highest BCUT2D eigenvalue weighted by atomic mass is 32.2. The number of H-pyrrole nitrogens is 1. The van der Waals surface area contributed by atoms with Gasteiger partial charge in [0.25, 0.3) is 5.91 Å². The van der Waals surface area contributed by atoms with Gasteiger partial charge >= 0.3 is 0 Å². The summed E-state index contributed by atoms with van der Waals surface area (Å²) in [5, 5.41) is 12.7. The number of halogens is 1. The van der Waals surface area contributed by atoms with Crippen LogP contribution < -0.4 is 15.4 Å². The van der Waals surface area contributed by atoms with Crippen molar-refractivity contribution in [1.82, 2.24) is 20.2 Å². The van der Waals surface area contributed by atoms with Gasteiger partial charge in [-0.15, -0.1) is 0 Å². The first-order valence-corrected chi connectivity index (χ1v) is 9.97. The number of hydrogen-bond acceptors (Lipinski definition) is 5. The Kier molecular flexibility index (Phi) is 5.06. The van der Waals surface area contributed by atoms with Gasteiger partial charge in [-0.3, -0.25) is 9.89 Å². The van der Waals surface area contributed by atoms with Crippen LogP contribution in [0.1, 0.15) is 42.5 Å². The van der Waals surface area contributed by atoms with Gasteiger partial charge in [0.05, 0.1) is 0 Å². The van der Waals surface area contributed by atoms with E-state index in [1.54, 1.807) is 20.8 Å². The second-order valence-corrected chi connectivity index (χ2v) is 9.06. The normalized spacial score (nSPS) is 14.7. The summed E-state index contributed by atoms with van der Waals surface area (Å²) >= 11 is 0. The van der Waals surface area contributed by atoms with E-state index in [1.165, 1.54) is 6.07 Å². The molecule has 0 saturated carbocycles. The van der Waals surface area contributed by atoms with E-state index in [2.05, 4.69) is 25.6 Å². The number of carbonyl (C=O) groups is 1. The van der Waals surface area contributed by atoms with E-state index in [0.29, 0.717) is 6.54 Å². The number of aromatic amines is 1. The maximum atomic E-state index is 14.1. The van der Waals surface area contributed by atoms with Crippen molar-refractivity contribution in [1.29, 1.82) is 0 Å². The minimum Gasteiger partial charge on any atom is -0.321 e. The number of sulfonamides is 1. The van der Waals surface area contributed by atoms with Crippen LogP contribution in [0.4, 0.5) is 10.1 Å². The maximum absolute atomic E-state index is 14.1. The van der Waals surface area contributed by atoms with Crippen LogP contribution >= 0.6 is 0 Å². The van der Waals surface area contributed by atoms with Gasteiger partial charge in [0.2, 0.25) is 10.0 Å². The standard InChI is InChI=1S/C17H22FN5O3S/c1-17(2,3)23-27(25,26)14-8-10(4-5-12(14)18)20-16(24)15-11-9-19-7-6-13(11)21-22-15/h4-5,8,19,23H,6-7,9H2,1-3H3,(H,20,24)(H,21,22). The van der Waals surface area contributed by atoms with Gasteiger partial charge in [-0.2, -0.15) is 5.10 Å². The Labute approximate surface area is 157 Å². The minimum atomic E-state index is -4.08. The third-order valence-electron chi connectivity index (χ3n) is 3.94. The van der Waals surface area contributed by atoms with Crippen LogP contribution in [0.25, 0.3) is 0 Å². The number of anilines is 1. The molecule has 0 atom stereocenters. The van der Waals surface area contributed by atoms with E-state index >= 15 is 0 Å². The lowest BCUT2D eigenvalue weighted by Crippen LogP contribution is -2.40. The van der Waals surface area contributed by atoms with Crippen molar-refractivity contribution in [2.45, 2.75) is 44.2 Å². The van der Waals surface area contributed by atoms with Crippen molar-refractivity contribution in [3.05, 3.63) is 41.0 Å². The van der Waals surface area contributed by atoms with Crippen LogP contribution in [0.2, 0.25) is 0 Å². The summed E-state index contributed by atoms with van der Waals surface area (Å²) in [6.07, 6.45) is 0.743. The molecule has 1 amide bonds. The highest BCUT2D eigenvalue weighted by molar-refractivity contribution is 7.89. The first kappa shape index (κ1) is 19.5. The molecule has 2 heterocycles. The zero-order valence-electron chi connectivity index (χ0n) is 15.3. The molecule has 4 N–H and O–H groups in total. The van der Waals surface area contributed by atoms with E-state index in [1.807, 2.05) is 0 Å². The SMILES string of the molecule is CC(C)(C)NS(=O)(=O)c1cc(NC(=O)c2n[nH]c3c2CNCC3)ccc1F. The Morgan fingerprint density at radius 1 is 1.30 bits per heavy atom. The second kappa shape index (κ2) is 7.02. The molecule has 0 fully saturated rings. The van der Waals surface area contributed by atoms with E-state index in [4.69, 9.17) is 0 Å². The van der Waals surface area contributed by atoms with E-state index < -0.39 is 32.2 Å². The quantitative estimate of drug-likeness (QED) is 0.626. The molecule has 0 spiro atoms. The lowest BCUT2D eigenvalue weighted by atomic mass is 10.1. The topological polar surface area (TPSA) is 116 Å². The molecule has 1 aliphatic rings. The number of nitrogens with one attached hydrogen (secondary N) is 4. The first-order chi connectivity index (χ1) is 12.6. The zero-order valence-corrected chi connectivity index (χ0v) is 16.1. The summed E-state index contributed by atoms with van der Waals surface area (Å²) in [5.41, 5.74) is 1.31. The van der Waals surface area contributed by atoms with E-state index in [0.717, 1.165) is 36.4 Å². The molecule has 0 unspecified atom stereocenters. The molecule has 27 heavy (non-hydrogen) atoms. The molecule has 2 aromatic rings. The summed E-state index contributed by atoms with van der Waals surface area (Å²) in [6, 6.07) is 3.41. The molecule has 3 rings (SSSR count). The van der Waals surface area contributed by atoms with Crippen LogP contribution in [0.15, 0.2) is 23.1 Å². The lowest BCUT2D eigenvalue weighted by molar-refractivity contribution is 0.102. The number of carbonyl (C=O) groups excluding carboxylic acids is 1. The average molecular weight is 395 g/mol. The number of fused-ring (bicyclic) bond motifs is 1. The zero-order chi connectivity index (χ0) is 19.8. The Bertz CT molecular complexity index is 979. The Morgan fingerprint density at radius 2 is 2.04 bits per heavy atom. The number of benzene rings is 1. The Balaban J connectivity index is 1.86. The molecule has 0 aliphatic carbocycles. The number of aromatic nitrogens is 2. The third-order valence-corrected chi connectivity index (χ3v) is 5.71. The fourth-order valence-corrected chi connectivity index (χ4v) is 4.37. The molecule has 0 radical (unpaired) electrons. The van der Waals surface area contributed by atoms with Crippen molar-refractivity contribution in [3.8, 4) is 0 Å². The summed E-state index contributed by atoms with van der Waals surface area (Å²) < 4.78 is 41.4. The third kappa shape index (κ3) is 4.34. The fraction of sp³-hybridized carbons (Fsp3) is 0.412. The number of nitrogens with zero attached hydrogens (tertiary/aromatic N) is 1. The Morgan fingerprint density at radius 3 is 2.74 bits per heavy atom. The van der Waals surface area contributed by atoms with Crippen LogP contribution in [-0.2, 0) is 23.0 Å². The van der Waals surface area contributed by atoms with E-state index in [9.17, 15) is 17.6 Å². The second-order valence-electron chi connectivity index (χ2n) is 7.41. The molecule has 0 saturated heterocycles. The monoisotopic (exact) mass is 395 g/mol. The molecule has 0 bridgehead atoms. The lowest BCUT2D eigenvalue weighted by Gasteiger charge is -2.20. The van der Waals surface area contributed by atoms with Crippen LogP contribution in [-0.4, -0.2) is 36.6 Å². The molecular weight excluding hydrogens is 373 g/mol. The summed E-state index contributed by atoms with van der Waals surface area (Å²) in [6.45, 7) is 6.29. The molecule has 8 nitrogen and oxygen atoms in total. The predicted octanol–water partition coefficient (Wildman–Crippen LogP) is 1.52. The molecule has 10 heteroatoms. The van der Waals surface area contributed by atoms with Gasteiger partial charge < -0.3 is 10.6 Å². The summed E-state index contributed by atoms with van der Waals surface area (Å²) in [4.78, 5) is 12.0. The summed E-state index contributed by atoms with van der Waals surface area (Å²) in [7, 11) is -4.08. The molecular formula is C17H22FN5O3S. The molecule has 146 valence electrons. The van der Waals surface area contributed by atoms with Crippen molar-refractivity contribution in [2.75, 3.05) is 11.9 Å². The van der Waals surface area contributed by atoms with Crippen molar-refractivity contribution >= 4 is 21.6 Å². The smallest absolute Gasteiger partial charge is 0.276 e. The number of hydrogen-bond donors (Lipinski definition) is 4. The van der Waals surface area contributed by atoms with Crippen molar-refractivity contribution in [2.24, 2.45) is 0 Å². The van der Waals surface area contributed by atoms with Gasteiger partial charge in [0.15, 0.2) is 5.69 Å². The van der Waals surface area contributed by atoms with Crippen LogP contribution in [0, 0.1) is 5.82 Å². The predicted molar refractivity (Wildman–Crippen MR) is 98.4 cm³/mol. The van der Waals surface area contributed by atoms with Gasteiger partial charge in [-0.05, 0) is 39.0 Å². The van der Waals surface area contributed by atoms with Gasteiger partial charge in [0, 0.05) is 42.0 Å². The van der Waals surface area contributed by atoms with E-state index in [-0.39, 0.29) is 11.4 Å². The number of rotatable bonds is 4. The van der Waals surface area contributed by atoms with Crippen molar-refractivity contribution in [3.63, 3.8) is 0 Å². The van der Waals surface area contributed by atoms with Crippen molar-refractivity contribution < 1.29 is 17.6 Å². The highest BCUT2D eigenvalue weighted by Crippen LogP contribution is 2.22. The first-order valence-electron chi connectivity index (χ1n) is 8.48. The largest absolute Gasteiger partial charge is 0.321 e. The molecule has 1 aromatic heterocycles. The molecule has 1 aromatic carbocycles. The highest BCUT2D eigenvalue weighted by Gasteiger charge is 2.26. The van der Waals surface area contributed by atoms with Crippen LogP contribution in [0.3, 0.4) is 0 Å². The van der Waals surface area contributed by atoms with Gasteiger partial charge in [0.1, 0.15) is 10.7 Å². The minimum absolute atomic E-state index is 0.163. The fourth-order valence-electron chi connectivity index (χ4n) is 2.85.